The van der Waals surface area contributed by atoms with Gasteiger partial charge in [0.05, 0.1) is 11.5 Å². The van der Waals surface area contributed by atoms with Crippen LogP contribution < -0.4 is 15.8 Å². The molecule has 0 aliphatic carbocycles. The van der Waals surface area contributed by atoms with Crippen molar-refractivity contribution in [2.75, 3.05) is 32.1 Å². The predicted octanol–water partition coefficient (Wildman–Crippen LogP) is 0.155. The zero-order valence-corrected chi connectivity index (χ0v) is 15.1. The number of carbonyl (C=O) groups is 1. The molecule has 0 atom stereocenters. The summed E-state index contributed by atoms with van der Waals surface area (Å²) in [6.45, 7) is 1.34. The summed E-state index contributed by atoms with van der Waals surface area (Å²) < 4.78 is 27.3. The summed E-state index contributed by atoms with van der Waals surface area (Å²) >= 11 is 0. The lowest BCUT2D eigenvalue weighted by Crippen LogP contribution is -2.28. The molecule has 0 aliphatic heterocycles. The molecule has 0 spiro atoms. The van der Waals surface area contributed by atoms with Gasteiger partial charge >= 0.3 is 0 Å². The molecule has 0 fully saturated rings. The van der Waals surface area contributed by atoms with Gasteiger partial charge in [-0.25, -0.2) is 23.5 Å². The van der Waals surface area contributed by atoms with Crippen LogP contribution in [0.1, 0.15) is 16.1 Å². The minimum atomic E-state index is -3.69. The summed E-state index contributed by atoms with van der Waals surface area (Å²) in [5, 5.41) is 10.8. The predicted molar refractivity (Wildman–Crippen MR) is 96.3 cm³/mol. The molecule has 140 valence electrons. The molecule has 1 heterocycles. The zero-order chi connectivity index (χ0) is 19.0. The number of nitrogens with zero attached hydrogens (tertiary/aromatic N) is 2. The van der Waals surface area contributed by atoms with E-state index >= 15 is 0 Å². The number of rotatable bonds is 9. The average molecular weight is 379 g/mol. The van der Waals surface area contributed by atoms with Gasteiger partial charge in [0.25, 0.3) is 5.91 Å². The van der Waals surface area contributed by atoms with Crippen LogP contribution in [0.5, 0.6) is 0 Å². The number of hydrogen-bond donors (Lipinski definition) is 3. The van der Waals surface area contributed by atoms with E-state index in [1.54, 1.807) is 19.2 Å². The molecule has 1 aromatic carbocycles. The van der Waals surface area contributed by atoms with Gasteiger partial charge in [-0.2, -0.15) is 0 Å². The molecule has 9 nitrogen and oxygen atoms in total. The fourth-order valence-electron chi connectivity index (χ4n) is 2.09. The molecular formula is C16H21N5O4S. The number of sulfonamides is 1. The Hall–Kier alpha value is -2.56. The number of primary sulfonamides is 1. The molecule has 2 rings (SSSR count). The van der Waals surface area contributed by atoms with Gasteiger partial charge in [-0.1, -0.05) is 12.1 Å². The van der Waals surface area contributed by atoms with Crippen molar-refractivity contribution in [2.24, 2.45) is 5.14 Å². The van der Waals surface area contributed by atoms with Crippen LogP contribution in [0.25, 0.3) is 0 Å². The van der Waals surface area contributed by atoms with Gasteiger partial charge in [-0.3, -0.25) is 4.79 Å². The van der Waals surface area contributed by atoms with Crippen molar-refractivity contribution in [2.45, 2.75) is 11.3 Å². The highest BCUT2D eigenvalue weighted by molar-refractivity contribution is 7.89. The number of methoxy groups -OCH3 is 1. The third-order valence-corrected chi connectivity index (χ3v) is 4.36. The van der Waals surface area contributed by atoms with E-state index in [0.717, 1.165) is 5.56 Å². The van der Waals surface area contributed by atoms with Crippen LogP contribution in [0.4, 0.5) is 5.95 Å². The van der Waals surface area contributed by atoms with E-state index in [9.17, 15) is 13.2 Å². The summed E-state index contributed by atoms with van der Waals surface area (Å²) in [6.07, 6.45) is 2.12. The Morgan fingerprint density at radius 2 is 1.92 bits per heavy atom. The number of ether oxygens (including phenoxy) is 1. The van der Waals surface area contributed by atoms with Crippen molar-refractivity contribution in [1.82, 2.24) is 15.3 Å². The average Bonchev–Trinajstić information content (AvgIpc) is 2.62. The lowest BCUT2D eigenvalue weighted by molar-refractivity contribution is 0.0932. The Kier molecular flexibility index (Phi) is 7.01. The quantitative estimate of drug-likeness (QED) is 0.528. The summed E-state index contributed by atoms with van der Waals surface area (Å²) in [6, 6.07) is 7.85. The SMILES string of the molecule is COCCNC(=O)c1ccnc(NCCc2ccc(S(N)(=O)=O)cc2)n1. The van der Waals surface area contributed by atoms with Gasteiger partial charge in [-0.05, 0) is 30.2 Å². The number of hydrogen-bond acceptors (Lipinski definition) is 7. The summed E-state index contributed by atoms with van der Waals surface area (Å²) in [5.41, 5.74) is 1.19. The van der Waals surface area contributed by atoms with Crippen LogP contribution in [0.2, 0.25) is 0 Å². The van der Waals surface area contributed by atoms with E-state index in [4.69, 9.17) is 9.88 Å². The number of anilines is 1. The lowest BCUT2D eigenvalue weighted by atomic mass is 10.1. The monoisotopic (exact) mass is 379 g/mol. The number of carbonyl (C=O) groups excluding carboxylic acids is 1. The van der Waals surface area contributed by atoms with Gasteiger partial charge in [-0.15, -0.1) is 0 Å². The van der Waals surface area contributed by atoms with E-state index in [0.29, 0.717) is 32.1 Å². The second-order valence-corrected chi connectivity index (χ2v) is 6.94. The molecule has 4 N–H and O–H groups in total. The van der Waals surface area contributed by atoms with Crippen LogP contribution in [0.15, 0.2) is 41.4 Å². The molecule has 1 aromatic heterocycles. The Labute approximate surface area is 152 Å². The van der Waals surface area contributed by atoms with Gasteiger partial charge in [0.1, 0.15) is 5.69 Å². The van der Waals surface area contributed by atoms with Crippen molar-refractivity contribution in [3.8, 4) is 0 Å². The summed E-state index contributed by atoms with van der Waals surface area (Å²) in [5.74, 6) is 0.0385. The van der Waals surface area contributed by atoms with Crippen molar-refractivity contribution < 1.29 is 17.9 Å². The first kappa shape index (κ1) is 19.8. The largest absolute Gasteiger partial charge is 0.383 e. The van der Waals surface area contributed by atoms with E-state index in [1.807, 2.05) is 0 Å². The molecule has 0 saturated heterocycles. The highest BCUT2D eigenvalue weighted by Crippen LogP contribution is 2.09. The third kappa shape index (κ3) is 6.06. The molecule has 0 unspecified atom stereocenters. The zero-order valence-electron chi connectivity index (χ0n) is 14.3. The fraction of sp³-hybridized carbons (Fsp3) is 0.312. The van der Waals surface area contributed by atoms with Crippen LogP contribution in [0, 0.1) is 0 Å². The van der Waals surface area contributed by atoms with Crippen LogP contribution in [0.3, 0.4) is 0 Å². The normalized spacial score (nSPS) is 11.2. The van der Waals surface area contributed by atoms with Crippen LogP contribution in [-0.2, 0) is 21.2 Å². The topological polar surface area (TPSA) is 136 Å². The molecule has 0 aliphatic rings. The molecule has 26 heavy (non-hydrogen) atoms. The van der Waals surface area contributed by atoms with Gasteiger partial charge in [0, 0.05) is 26.4 Å². The van der Waals surface area contributed by atoms with Crippen molar-refractivity contribution in [1.29, 1.82) is 0 Å². The third-order valence-electron chi connectivity index (χ3n) is 3.43. The summed E-state index contributed by atoms with van der Waals surface area (Å²) in [4.78, 5) is 20.2. The standard InChI is InChI=1S/C16H21N5O4S/c1-25-11-10-18-15(22)14-7-9-20-16(21-14)19-8-6-12-2-4-13(5-3-12)26(17,23)24/h2-5,7,9H,6,8,10-11H2,1H3,(H,18,22)(H2,17,23,24)(H,19,20,21). The van der Waals surface area contributed by atoms with E-state index in [-0.39, 0.29) is 16.5 Å². The van der Waals surface area contributed by atoms with Gasteiger partial charge in [0.15, 0.2) is 0 Å². The van der Waals surface area contributed by atoms with E-state index < -0.39 is 10.0 Å². The molecule has 10 heteroatoms. The number of nitrogens with one attached hydrogen (secondary N) is 2. The molecule has 2 aromatic rings. The van der Waals surface area contributed by atoms with Gasteiger partial charge in [0.2, 0.25) is 16.0 Å². The van der Waals surface area contributed by atoms with Crippen LogP contribution in [-0.4, -0.2) is 51.1 Å². The Bertz CT molecular complexity index is 840. The lowest BCUT2D eigenvalue weighted by Gasteiger charge is -2.07. The maximum atomic E-state index is 11.9. The molecule has 0 saturated carbocycles. The summed E-state index contributed by atoms with van der Waals surface area (Å²) in [7, 11) is -2.13. The van der Waals surface area contributed by atoms with E-state index in [1.165, 1.54) is 24.4 Å². The van der Waals surface area contributed by atoms with Crippen molar-refractivity contribution >= 4 is 21.9 Å². The molecule has 0 radical (unpaired) electrons. The second-order valence-electron chi connectivity index (χ2n) is 5.38. The highest BCUT2D eigenvalue weighted by atomic mass is 32.2. The van der Waals surface area contributed by atoms with Gasteiger partial charge < -0.3 is 15.4 Å². The number of amides is 1. The Balaban J connectivity index is 1.88. The maximum absolute atomic E-state index is 11.9. The first-order valence-electron chi connectivity index (χ1n) is 7.86. The highest BCUT2D eigenvalue weighted by Gasteiger charge is 2.09. The van der Waals surface area contributed by atoms with Crippen molar-refractivity contribution in [3.63, 3.8) is 0 Å². The fourth-order valence-corrected chi connectivity index (χ4v) is 2.61. The maximum Gasteiger partial charge on any atom is 0.270 e. The number of benzene rings is 1. The number of aromatic nitrogens is 2. The second kappa shape index (κ2) is 9.22. The Morgan fingerprint density at radius 1 is 1.19 bits per heavy atom. The minimum absolute atomic E-state index is 0.0738. The van der Waals surface area contributed by atoms with E-state index in [2.05, 4.69) is 20.6 Å². The Morgan fingerprint density at radius 3 is 2.58 bits per heavy atom. The first-order valence-corrected chi connectivity index (χ1v) is 9.40. The minimum Gasteiger partial charge on any atom is -0.383 e. The number of nitrogens with two attached hydrogens (primary N) is 1. The molecule has 0 bridgehead atoms. The first-order chi connectivity index (χ1) is 12.4. The van der Waals surface area contributed by atoms with Crippen LogP contribution >= 0.6 is 0 Å². The smallest absolute Gasteiger partial charge is 0.270 e. The molecule has 1 amide bonds. The molecular weight excluding hydrogens is 358 g/mol. The van der Waals surface area contributed by atoms with Crippen molar-refractivity contribution in [3.05, 3.63) is 47.8 Å².